The van der Waals surface area contributed by atoms with Crippen molar-refractivity contribution in [2.75, 3.05) is 6.54 Å². The molecule has 1 aliphatic rings. The number of halogens is 6. The molecule has 1 aromatic carbocycles. The quantitative estimate of drug-likeness (QED) is 0.721. The summed E-state index contributed by atoms with van der Waals surface area (Å²) in [5.41, 5.74) is 1.59. The van der Waals surface area contributed by atoms with Gasteiger partial charge in [0.05, 0.1) is 0 Å². The SMILES string of the molecule is O=C(OC(C(F)(F)F)C(F)(F)F)N1CCCc2ccccc2C1. The van der Waals surface area contributed by atoms with Crippen molar-refractivity contribution in [3.63, 3.8) is 0 Å². The summed E-state index contributed by atoms with van der Waals surface area (Å²) in [7, 11) is 0. The molecule has 0 saturated carbocycles. The van der Waals surface area contributed by atoms with Gasteiger partial charge in [-0.3, -0.25) is 0 Å². The Hall–Kier alpha value is -1.93. The molecule has 0 radical (unpaired) electrons. The average Bonchev–Trinajstić information content (AvgIpc) is 2.64. The van der Waals surface area contributed by atoms with Crippen LogP contribution in [0.1, 0.15) is 17.5 Å². The summed E-state index contributed by atoms with van der Waals surface area (Å²) in [6.45, 7) is -0.0621. The van der Waals surface area contributed by atoms with E-state index in [1.54, 1.807) is 24.3 Å². The van der Waals surface area contributed by atoms with Gasteiger partial charge < -0.3 is 9.64 Å². The van der Waals surface area contributed by atoms with Gasteiger partial charge in [-0.15, -0.1) is 0 Å². The Morgan fingerprint density at radius 3 is 2.17 bits per heavy atom. The number of fused-ring (bicyclic) bond motifs is 1. The van der Waals surface area contributed by atoms with E-state index in [0.717, 1.165) is 10.5 Å². The minimum atomic E-state index is -5.71. The van der Waals surface area contributed by atoms with Gasteiger partial charge in [0.25, 0.3) is 6.10 Å². The molecule has 0 aromatic heterocycles. The van der Waals surface area contributed by atoms with Crippen LogP contribution in [0.15, 0.2) is 24.3 Å². The van der Waals surface area contributed by atoms with Crippen molar-refractivity contribution >= 4 is 6.09 Å². The predicted octanol–water partition coefficient (Wildman–Crippen LogP) is 4.06. The van der Waals surface area contributed by atoms with Crippen LogP contribution in [-0.4, -0.2) is 36.0 Å². The van der Waals surface area contributed by atoms with Crippen LogP contribution in [0.2, 0.25) is 0 Å². The van der Waals surface area contributed by atoms with E-state index < -0.39 is 24.5 Å². The topological polar surface area (TPSA) is 29.5 Å². The summed E-state index contributed by atoms with van der Waals surface area (Å²) in [5, 5.41) is 0. The van der Waals surface area contributed by atoms with Crippen LogP contribution in [0.5, 0.6) is 0 Å². The lowest BCUT2D eigenvalue weighted by molar-refractivity contribution is -0.308. The smallest absolute Gasteiger partial charge is 0.426 e. The summed E-state index contributed by atoms with van der Waals surface area (Å²) in [4.78, 5) is 12.6. The molecule has 9 heteroatoms. The second-order valence-electron chi connectivity index (χ2n) is 5.14. The number of alkyl halides is 6. The van der Waals surface area contributed by atoms with E-state index in [0.29, 0.717) is 18.4 Å². The van der Waals surface area contributed by atoms with E-state index in [4.69, 9.17) is 0 Å². The highest BCUT2D eigenvalue weighted by molar-refractivity contribution is 5.68. The zero-order chi connectivity index (χ0) is 17.3. The lowest BCUT2D eigenvalue weighted by Gasteiger charge is -2.27. The van der Waals surface area contributed by atoms with Crippen molar-refractivity contribution in [1.82, 2.24) is 4.90 Å². The highest BCUT2D eigenvalue weighted by atomic mass is 19.4. The molecule has 0 atom stereocenters. The van der Waals surface area contributed by atoms with Gasteiger partial charge in [0.1, 0.15) is 0 Å². The molecule has 1 aromatic rings. The number of carbonyl (C=O) groups excluding carboxylic acids is 1. The van der Waals surface area contributed by atoms with Gasteiger partial charge in [0.15, 0.2) is 0 Å². The van der Waals surface area contributed by atoms with Gasteiger partial charge >= 0.3 is 18.4 Å². The Kier molecular flexibility index (Phi) is 4.76. The van der Waals surface area contributed by atoms with Crippen LogP contribution < -0.4 is 0 Å². The summed E-state index contributed by atoms with van der Waals surface area (Å²) >= 11 is 0. The Balaban J connectivity index is 2.14. The molecule has 23 heavy (non-hydrogen) atoms. The van der Waals surface area contributed by atoms with Gasteiger partial charge in [-0.05, 0) is 24.0 Å². The minimum absolute atomic E-state index is 0.0238. The number of nitrogens with zero attached hydrogens (tertiary/aromatic N) is 1. The van der Waals surface area contributed by atoms with E-state index in [9.17, 15) is 31.1 Å². The lowest BCUT2D eigenvalue weighted by Crippen LogP contribution is -2.48. The minimum Gasteiger partial charge on any atom is -0.426 e. The highest BCUT2D eigenvalue weighted by Gasteiger charge is 2.60. The molecular formula is C14H13F6NO2. The van der Waals surface area contributed by atoms with Crippen molar-refractivity contribution in [2.24, 2.45) is 0 Å². The first-order valence-corrected chi connectivity index (χ1v) is 6.75. The van der Waals surface area contributed by atoms with Crippen LogP contribution in [0, 0.1) is 0 Å². The molecule has 1 amide bonds. The Morgan fingerprint density at radius 1 is 1.04 bits per heavy atom. The number of amides is 1. The van der Waals surface area contributed by atoms with Crippen LogP contribution in [0.3, 0.4) is 0 Å². The van der Waals surface area contributed by atoms with E-state index in [2.05, 4.69) is 4.74 Å². The first-order valence-electron chi connectivity index (χ1n) is 6.75. The standard InChI is InChI=1S/C14H13F6NO2/c15-13(16,17)11(14(18,19)20)23-12(22)21-7-3-6-9-4-1-2-5-10(9)8-21/h1-2,4-5,11H,3,6-8H2. The molecule has 0 bridgehead atoms. The molecule has 0 spiro atoms. The molecule has 1 aliphatic heterocycles. The fourth-order valence-corrected chi connectivity index (χ4v) is 2.35. The number of hydrogen-bond donors (Lipinski definition) is 0. The number of hydrogen-bond acceptors (Lipinski definition) is 2. The van der Waals surface area contributed by atoms with Gasteiger partial charge in [-0.25, -0.2) is 4.79 Å². The normalized spacial score (nSPS) is 16.0. The molecule has 0 N–H and O–H groups in total. The largest absolute Gasteiger partial charge is 0.434 e. The molecule has 0 aliphatic carbocycles. The molecule has 0 unspecified atom stereocenters. The van der Waals surface area contributed by atoms with Gasteiger partial charge in [-0.2, -0.15) is 26.3 Å². The first kappa shape index (κ1) is 17.4. The Bertz CT molecular complexity index is 555. The summed E-state index contributed by atoms with van der Waals surface area (Å²) in [5.74, 6) is 0. The molecular weight excluding hydrogens is 328 g/mol. The lowest BCUT2D eigenvalue weighted by atomic mass is 10.0. The van der Waals surface area contributed by atoms with Gasteiger partial charge in [-0.1, -0.05) is 24.3 Å². The van der Waals surface area contributed by atoms with Crippen LogP contribution >= 0.6 is 0 Å². The third kappa shape index (κ3) is 4.29. The maximum Gasteiger partial charge on any atom is 0.434 e. The summed E-state index contributed by atoms with van der Waals surface area (Å²) in [6.07, 6.45) is -16.2. The van der Waals surface area contributed by atoms with Crippen molar-refractivity contribution in [2.45, 2.75) is 37.8 Å². The third-order valence-corrected chi connectivity index (χ3v) is 3.43. The van der Waals surface area contributed by atoms with E-state index in [1.807, 2.05) is 0 Å². The number of ether oxygens (including phenoxy) is 1. The van der Waals surface area contributed by atoms with E-state index >= 15 is 0 Å². The zero-order valence-electron chi connectivity index (χ0n) is 11.7. The number of benzene rings is 1. The molecule has 0 saturated heterocycles. The van der Waals surface area contributed by atoms with Crippen molar-refractivity contribution in [3.8, 4) is 0 Å². The molecule has 2 rings (SSSR count). The number of aryl methyl sites for hydroxylation is 1. The summed E-state index contributed by atoms with van der Waals surface area (Å²) in [6, 6.07) is 6.93. The maximum atomic E-state index is 12.4. The second kappa shape index (κ2) is 6.29. The molecule has 128 valence electrons. The second-order valence-corrected chi connectivity index (χ2v) is 5.14. The first-order chi connectivity index (χ1) is 10.6. The molecule has 3 nitrogen and oxygen atoms in total. The fraction of sp³-hybridized carbons (Fsp3) is 0.500. The van der Waals surface area contributed by atoms with E-state index in [1.165, 1.54) is 0 Å². The molecule has 1 heterocycles. The number of carbonyl (C=O) groups is 1. The average molecular weight is 341 g/mol. The van der Waals surface area contributed by atoms with Crippen molar-refractivity contribution in [3.05, 3.63) is 35.4 Å². The zero-order valence-corrected chi connectivity index (χ0v) is 11.7. The van der Waals surface area contributed by atoms with Crippen molar-refractivity contribution < 1.29 is 35.9 Å². The van der Waals surface area contributed by atoms with E-state index in [-0.39, 0.29) is 13.1 Å². The van der Waals surface area contributed by atoms with Gasteiger partial charge in [0, 0.05) is 13.1 Å². The van der Waals surface area contributed by atoms with Crippen LogP contribution in [-0.2, 0) is 17.7 Å². The third-order valence-electron chi connectivity index (χ3n) is 3.43. The van der Waals surface area contributed by atoms with Crippen molar-refractivity contribution in [1.29, 1.82) is 0 Å². The Labute approximate surface area is 127 Å². The molecule has 0 fully saturated rings. The Morgan fingerprint density at radius 2 is 1.61 bits per heavy atom. The van der Waals surface area contributed by atoms with Crippen LogP contribution in [0.4, 0.5) is 31.1 Å². The maximum absolute atomic E-state index is 12.4. The summed E-state index contributed by atoms with van der Waals surface area (Å²) < 4.78 is 78.4. The predicted molar refractivity (Wildman–Crippen MR) is 67.6 cm³/mol. The van der Waals surface area contributed by atoms with Crippen LogP contribution in [0.25, 0.3) is 0 Å². The number of rotatable bonds is 1. The fourth-order valence-electron chi connectivity index (χ4n) is 2.35. The van der Waals surface area contributed by atoms with Gasteiger partial charge in [0.2, 0.25) is 0 Å². The highest BCUT2D eigenvalue weighted by Crippen LogP contribution is 2.36. The monoisotopic (exact) mass is 341 g/mol.